The molecule has 0 saturated carbocycles. The molecule has 0 spiro atoms. The summed E-state index contributed by atoms with van der Waals surface area (Å²) in [6.07, 6.45) is 1.69. The molecule has 0 amide bonds. The highest BCUT2D eigenvalue weighted by atomic mass is 32.2. The van der Waals surface area contributed by atoms with Crippen LogP contribution >= 0.6 is 11.8 Å². The fourth-order valence-electron chi connectivity index (χ4n) is 2.19. The minimum absolute atomic E-state index is 0.0626. The Morgan fingerprint density at radius 3 is 2.75 bits per heavy atom. The van der Waals surface area contributed by atoms with Crippen LogP contribution in [0.25, 0.3) is 16.7 Å². The highest BCUT2D eigenvalue weighted by Gasteiger charge is 2.15. The second-order valence-corrected chi connectivity index (χ2v) is 6.05. The van der Waals surface area contributed by atoms with Crippen LogP contribution in [0.1, 0.15) is 5.56 Å². The third-order valence-corrected chi connectivity index (χ3v) is 4.33. The van der Waals surface area contributed by atoms with Gasteiger partial charge >= 0.3 is 5.97 Å². The van der Waals surface area contributed by atoms with Gasteiger partial charge in [-0.25, -0.2) is 14.5 Å². The molecular weight excluding hydrogens is 326 g/mol. The lowest BCUT2D eigenvalue weighted by molar-refractivity contribution is -0.137. The molecule has 0 aliphatic heterocycles. The van der Waals surface area contributed by atoms with Crippen molar-refractivity contribution >= 4 is 28.6 Å². The zero-order valence-corrected chi connectivity index (χ0v) is 14.0. The van der Waals surface area contributed by atoms with Crippen LogP contribution < -0.4 is 5.56 Å². The van der Waals surface area contributed by atoms with Crippen LogP contribution in [0.3, 0.4) is 0 Å². The van der Waals surface area contributed by atoms with Gasteiger partial charge in [-0.2, -0.15) is 0 Å². The van der Waals surface area contributed by atoms with E-state index in [1.54, 1.807) is 30.5 Å². The van der Waals surface area contributed by atoms with Crippen molar-refractivity contribution in [2.24, 2.45) is 0 Å². The van der Waals surface area contributed by atoms with E-state index in [0.29, 0.717) is 21.9 Å². The molecule has 0 N–H and O–H groups in total. The number of aryl methyl sites for hydroxylation is 1. The summed E-state index contributed by atoms with van der Waals surface area (Å²) in [5, 5.41) is 0.905. The van der Waals surface area contributed by atoms with Gasteiger partial charge in [0, 0.05) is 6.20 Å². The SMILES string of the molecule is COC(=O)CSc1nc2ccccc2c(=O)n1-c1ccc(C)cn1. The van der Waals surface area contributed by atoms with Gasteiger partial charge in [0.05, 0.1) is 23.8 Å². The minimum atomic E-state index is -0.383. The molecular formula is C17H15N3O3S. The molecule has 7 heteroatoms. The van der Waals surface area contributed by atoms with E-state index < -0.39 is 0 Å². The van der Waals surface area contributed by atoms with Gasteiger partial charge in [0.15, 0.2) is 5.16 Å². The number of methoxy groups -OCH3 is 1. The number of fused-ring (bicyclic) bond motifs is 1. The lowest BCUT2D eigenvalue weighted by atomic mass is 10.2. The highest BCUT2D eigenvalue weighted by Crippen LogP contribution is 2.20. The summed E-state index contributed by atoms with van der Waals surface area (Å²) in [6, 6.07) is 10.7. The maximum atomic E-state index is 12.9. The Bertz CT molecular complexity index is 951. The summed E-state index contributed by atoms with van der Waals surface area (Å²) >= 11 is 1.15. The first-order valence-corrected chi connectivity index (χ1v) is 8.23. The van der Waals surface area contributed by atoms with Gasteiger partial charge < -0.3 is 4.74 Å². The van der Waals surface area contributed by atoms with E-state index in [1.165, 1.54) is 11.7 Å². The molecule has 6 nitrogen and oxygen atoms in total. The van der Waals surface area contributed by atoms with E-state index in [0.717, 1.165) is 17.3 Å². The van der Waals surface area contributed by atoms with Crippen molar-refractivity contribution in [2.45, 2.75) is 12.1 Å². The summed E-state index contributed by atoms with van der Waals surface area (Å²) < 4.78 is 6.09. The summed E-state index contributed by atoms with van der Waals surface area (Å²) in [6.45, 7) is 1.92. The molecule has 0 radical (unpaired) electrons. The Morgan fingerprint density at radius 1 is 1.25 bits per heavy atom. The number of nitrogens with zero attached hydrogens (tertiary/aromatic N) is 3. The quantitative estimate of drug-likeness (QED) is 0.412. The summed E-state index contributed by atoms with van der Waals surface area (Å²) in [7, 11) is 1.32. The zero-order valence-electron chi connectivity index (χ0n) is 13.2. The predicted octanol–water partition coefficient (Wildman–Crippen LogP) is 2.35. The molecule has 122 valence electrons. The van der Waals surface area contributed by atoms with Gasteiger partial charge in [0.2, 0.25) is 0 Å². The topological polar surface area (TPSA) is 74.1 Å². The van der Waals surface area contributed by atoms with Crippen molar-refractivity contribution in [3.63, 3.8) is 0 Å². The average molecular weight is 341 g/mol. The van der Waals surface area contributed by atoms with E-state index >= 15 is 0 Å². The number of rotatable bonds is 4. The average Bonchev–Trinajstić information content (AvgIpc) is 2.61. The number of carbonyl (C=O) groups is 1. The van der Waals surface area contributed by atoms with Crippen molar-refractivity contribution < 1.29 is 9.53 Å². The van der Waals surface area contributed by atoms with Crippen LogP contribution in [-0.2, 0) is 9.53 Å². The molecule has 0 unspecified atom stereocenters. The van der Waals surface area contributed by atoms with E-state index in [-0.39, 0.29) is 17.3 Å². The second kappa shape index (κ2) is 6.84. The van der Waals surface area contributed by atoms with Gasteiger partial charge in [0.25, 0.3) is 5.56 Å². The Kier molecular flexibility index (Phi) is 4.61. The Morgan fingerprint density at radius 2 is 2.04 bits per heavy atom. The second-order valence-electron chi connectivity index (χ2n) is 5.11. The Balaban J connectivity index is 2.19. The Hall–Kier alpha value is -2.67. The maximum Gasteiger partial charge on any atom is 0.316 e. The largest absolute Gasteiger partial charge is 0.468 e. The van der Waals surface area contributed by atoms with Gasteiger partial charge in [-0.15, -0.1) is 0 Å². The molecule has 0 saturated heterocycles. The lowest BCUT2D eigenvalue weighted by Gasteiger charge is -2.12. The van der Waals surface area contributed by atoms with Crippen molar-refractivity contribution in [1.29, 1.82) is 0 Å². The number of pyridine rings is 1. The van der Waals surface area contributed by atoms with Gasteiger partial charge in [-0.1, -0.05) is 30.0 Å². The van der Waals surface area contributed by atoms with Crippen molar-refractivity contribution in [2.75, 3.05) is 12.9 Å². The molecule has 1 aromatic carbocycles. The standard InChI is InChI=1S/C17H15N3O3S/c1-11-7-8-14(18-9-11)20-16(22)12-5-3-4-6-13(12)19-17(20)24-10-15(21)23-2/h3-9H,10H2,1-2H3. The molecule has 2 aromatic heterocycles. The number of aromatic nitrogens is 3. The van der Waals surface area contributed by atoms with Crippen molar-refractivity contribution in [3.05, 3.63) is 58.5 Å². The summed E-state index contributed by atoms with van der Waals surface area (Å²) in [5.74, 6) is 0.148. The van der Waals surface area contributed by atoms with Gasteiger partial charge in [-0.05, 0) is 30.7 Å². The number of hydrogen-bond donors (Lipinski definition) is 0. The van der Waals surface area contributed by atoms with E-state index in [4.69, 9.17) is 0 Å². The number of ether oxygens (including phenoxy) is 1. The predicted molar refractivity (Wildman–Crippen MR) is 92.6 cm³/mol. The third kappa shape index (κ3) is 3.16. The Labute approximate surface area is 142 Å². The van der Waals surface area contributed by atoms with Crippen LogP contribution in [-0.4, -0.2) is 33.4 Å². The summed E-state index contributed by atoms with van der Waals surface area (Å²) in [5.41, 5.74) is 1.35. The van der Waals surface area contributed by atoms with Crippen LogP contribution in [0.4, 0.5) is 0 Å². The zero-order chi connectivity index (χ0) is 17.1. The molecule has 0 aliphatic rings. The van der Waals surface area contributed by atoms with Crippen LogP contribution in [0.15, 0.2) is 52.5 Å². The van der Waals surface area contributed by atoms with E-state index in [9.17, 15) is 9.59 Å². The van der Waals surface area contributed by atoms with Gasteiger partial charge in [0.1, 0.15) is 5.82 Å². The molecule has 2 heterocycles. The smallest absolute Gasteiger partial charge is 0.316 e. The highest BCUT2D eigenvalue weighted by molar-refractivity contribution is 7.99. The molecule has 24 heavy (non-hydrogen) atoms. The number of carbonyl (C=O) groups excluding carboxylic acids is 1. The van der Waals surface area contributed by atoms with Crippen molar-refractivity contribution in [1.82, 2.24) is 14.5 Å². The third-order valence-electron chi connectivity index (χ3n) is 3.42. The number of hydrogen-bond acceptors (Lipinski definition) is 6. The molecule has 0 aliphatic carbocycles. The first-order chi connectivity index (χ1) is 11.6. The monoisotopic (exact) mass is 341 g/mol. The lowest BCUT2D eigenvalue weighted by Crippen LogP contribution is -2.23. The van der Waals surface area contributed by atoms with E-state index in [1.807, 2.05) is 19.1 Å². The van der Waals surface area contributed by atoms with Gasteiger partial charge in [-0.3, -0.25) is 9.59 Å². The van der Waals surface area contributed by atoms with Crippen LogP contribution in [0.5, 0.6) is 0 Å². The van der Waals surface area contributed by atoms with Crippen LogP contribution in [0, 0.1) is 6.92 Å². The first-order valence-electron chi connectivity index (χ1n) is 7.24. The number of para-hydroxylation sites is 1. The fourth-order valence-corrected chi connectivity index (χ4v) is 3.02. The normalized spacial score (nSPS) is 10.8. The molecule has 0 bridgehead atoms. The fraction of sp³-hybridized carbons (Fsp3) is 0.176. The molecule has 3 aromatic rings. The van der Waals surface area contributed by atoms with E-state index in [2.05, 4.69) is 14.7 Å². The molecule has 0 atom stereocenters. The number of benzene rings is 1. The molecule has 3 rings (SSSR count). The minimum Gasteiger partial charge on any atom is -0.468 e. The number of esters is 1. The maximum absolute atomic E-state index is 12.9. The van der Waals surface area contributed by atoms with Crippen molar-refractivity contribution in [3.8, 4) is 5.82 Å². The molecule has 0 fully saturated rings. The first kappa shape index (κ1) is 16.2. The van der Waals surface area contributed by atoms with Crippen LogP contribution in [0.2, 0.25) is 0 Å². The summed E-state index contributed by atoms with van der Waals surface area (Å²) in [4.78, 5) is 33.2. The number of thioether (sulfide) groups is 1.